The molecule has 2 aliphatic heterocycles. The Morgan fingerprint density at radius 3 is 2.83 bits per heavy atom. The number of aromatic nitrogens is 4. The summed E-state index contributed by atoms with van der Waals surface area (Å²) < 4.78 is 5.85. The number of rotatable bonds is 4. The standard InChI is InChI=1S/C17H22N6O/c1-2-8-23(7-1)17-20-4-3-14(21-17)12-22-9-10-24-16(13-22)15-11-18-5-6-19-15/h3-6,11,16H,1-2,7-10,12-13H2/t16-/m1/s1. The average molecular weight is 326 g/mol. The zero-order valence-corrected chi connectivity index (χ0v) is 13.7. The van der Waals surface area contributed by atoms with Crippen molar-refractivity contribution >= 4 is 5.95 Å². The highest BCUT2D eigenvalue weighted by Gasteiger charge is 2.24. The molecule has 24 heavy (non-hydrogen) atoms. The maximum absolute atomic E-state index is 5.85. The lowest BCUT2D eigenvalue weighted by Gasteiger charge is -2.32. The van der Waals surface area contributed by atoms with Crippen LogP contribution in [0.3, 0.4) is 0 Å². The summed E-state index contributed by atoms with van der Waals surface area (Å²) in [6.45, 7) is 5.35. The summed E-state index contributed by atoms with van der Waals surface area (Å²) in [4.78, 5) is 22.3. The fraction of sp³-hybridized carbons (Fsp3) is 0.529. The van der Waals surface area contributed by atoms with Crippen molar-refractivity contribution in [3.8, 4) is 0 Å². The SMILES string of the molecule is c1cnc([C@H]2CN(Cc3ccnc(N4CCCC4)n3)CCO2)cn1. The fourth-order valence-corrected chi connectivity index (χ4v) is 3.27. The Morgan fingerprint density at radius 2 is 2.00 bits per heavy atom. The summed E-state index contributed by atoms with van der Waals surface area (Å²) >= 11 is 0. The minimum absolute atomic E-state index is 0.0210. The van der Waals surface area contributed by atoms with E-state index in [-0.39, 0.29) is 6.10 Å². The van der Waals surface area contributed by atoms with E-state index >= 15 is 0 Å². The molecule has 2 aromatic rings. The summed E-state index contributed by atoms with van der Waals surface area (Å²) in [7, 11) is 0. The van der Waals surface area contributed by atoms with E-state index in [1.165, 1.54) is 12.8 Å². The van der Waals surface area contributed by atoms with Crippen LogP contribution >= 0.6 is 0 Å². The molecule has 0 aromatic carbocycles. The van der Waals surface area contributed by atoms with Crippen LogP contribution in [0.1, 0.15) is 30.3 Å². The number of hydrogen-bond acceptors (Lipinski definition) is 7. The summed E-state index contributed by atoms with van der Waals surface area (Å²) in [6.07, 6.45) is 9.50. The van der Waals surface area contributed by atoms with Gasteiger partial charge in [-0.2, -0.15) is 0 Å². The average Bonchev–Trinajstić information content (AvgIpc) is 3.18. The van der Waals surface area contributed by atoms with Crippen molar-refractivity contribution in [2.45, 2.75) is 25.5 Å². The van der Waals surface area contributed by atoms with E-state index in [0.717, 1.165) is 50.1 Å². The lowest BCUT2D eigenvalue weighted by Crippen LogP contribution is -2.38. The minimum Gasteiger partial charge on any atom is -0.369 e. The third-order valence-electron chi connectivity index (χ3n) is 4.54. The van der Waals surface area contributed by atoms with E-state index in [0.29, 0.717) is 6.61 Å². The van der Waals surface area contributed by atoms with Gasteiger partial charge < -0.3 is 9.64 Å². The molecule has 0 spiro atoms. The molecule has 0 amide bonds. The zero-order valence-electron chi connectivity index (χ0n) is 13.7. The Kier molecular flexibility index (Phi) is 4.62. The number of morpholine rings is 1. The monoisotopic (exact) mass is 326 g/mol. The normalized spacial score (nSPS) is 22.0. The van der Waals surface area contributed by atoms with Crippen LogP contribution in [0.15, 0.2) is 30.9 Å². The van der Waals surface area contributed by atoms with Crippen molar-refractivity contribution in [2.75, 3.05) is 37.7 Å². The molecule has 4 heterocycles. The molecule has 7 heteroatoms. The Hall–Kier alpha value is -2.12. The van der Waals surface area contributed by atoms with Gasteiger partial charge in [0, 0.05) is 51.3 Å². The molecular formula is C17H22N6O. The summed E-state index contributed by atoms with van der Waals surface area (Å²) in [6, 6.07) is 2.01. The van der Waals surface area contributed by atoms with Crippen molar-refractivity contribution in [3.05, 3.63) is 42.2 Å². The van der Waals surface area contributed by atoms with Gasteiger partial charge in [0.25, 0.3) is 0 Å². The van der Waals surface area contributed by atoms with E-state index in [2.05, 4.69) is 24.8 Å². The first-order chi connectivity index (χ1) is 11.9. The quantitative estimate of drug-likeness (QED) is 0.842. The van der Waals surface area contributed by atoms with Gasteiger partial charge in [-0.1, -0.05) is 0 Å². The highest BCUT2D eigenvalue weighted by molar-refractivity contribution is 5.31. The Bertz CT molecular complexity index is 661. The smallest absolute Gasteiger partial charge is 0.225 e. The van der Waals surface area contributed by atoms with E-state index < -0.39 is 0 Å². The molecule has 7 nitrogen and oxygen atoms in total. The largest absolute Gasteiger partial charge is 0.369 e. The van der Waals surface area contributed by atoms with Crippen LogP contribution in [0.2, 0.25) is 0 Å². The highest BCUT2D eigenvalue weighted by Crippen LogP contribution is 2.21. The van der Waals surface area contributed by atoms with Crippen molar-refractivity contribution in [2.24, 2.45) is 0 Å². The van der Waals surface area contributed by atoms with E-state index in [9.17, 15) is 0 Å². The lowest BCUT2D eigenvalue weighted by molar-refractivity contribution is -0.0355. The van der Waals surface area contributed by atoms with Crippen molar-refractivity contribution in [1.82, 2.24) is 24.8 Å². The highest BCUT2D eigenvalue weighted by atomic mass is 16.5. The first kappa shape index (κ1) is 15.4. The number of anilines is 1. The first-order valence-corrected chi connectivity index (χ1v) is 8.55. The lowest BCUT2D eigenvalue weighted by atomic mass is 10.2. The van der Waals surface area contributed by atoms with E-state index in [4.69, 9.17) is 9.72 Å². The molecule has 2 fully saturated rings. The molecule has 1 atom stereocenters. The topological polar surface area (TPSA) is 67.3 Å². The number of hydrogen-bond donors (Lipinski definition) is 0. The van der Waals surface area contributed by atoms with Gasteiger partial charge in [0.05, 0.1) is 24.2 Å². The Balaban J connectivity index is 1.42. The summed E-state index contributed by atoms with van der Waals surface area (Å²) in [5, 5.41) is 0. The molecule has 0 N–H and O–H groups in total. The molecule has 0 radical (unpaired) electrons. The number of ether oxygens (including phenoxy) is 1. The van der Waals surface area contributed by atoms with Gasteiger partial charge in [-0.3, -0.25) is 14.9 Å². The summed E-state index contributed by atoms with van der Waals surface area (Å²) in [5.74, 6) is 0.865. The molecule has 2 aliphatic rings. The first-order valence-electron chi connectivity index (χ1n) is 8.55. The van der Waals surface area contributed by atoms with E-state index in [1.54, 1.807) is 18.6 Å². The predicted molar refractivity (Wildman–Crippen MR) is 89.5 cm³/mol. The molecule has 0 unspecified atom stereocenters. The summed E-state index contributed by atoms with van der Waals surface area (Å²) in [5.41, 5.74) is 1.95. The fourth-order valence-electron chi connectivity index (χ4n) is 3.27. The molecule has 2 aromatic heterocycles. The second-order valence-electron chi connectivity index (χ2n) is 6.27. The van der Waals surface area contributed by atoms with Gasteiger partial charge >= 0.3 is 0 Å². The van der Waals surface area contributed by atoms with Crippen molar-refractivity contribution in [1.29, 1.82) is 0 Å². The minimum atomic E-state index is -0.0210. The predicted octanol–water partition coefficient (Wildman–Crippen LogP) is 1.44. The van der Waals surface area contributed by atoms with Crippen LogP contribution < -0.4 is 4.90 Å². The molecule has 2 saturated heterocycles. The van der Waals surface area contributed by atoms with Gasteiger partial charge in [0.2, 0.25) is 5.95 Å². The van der Waals surface area contributed by atoms with Crippen LogP contribution in [-0.2, 0) is 11.3 Å². The molecular weight excluding hydrogens is 304 g/mol. The van der Waals surface area contributed by atoms with Gasteiger partial charge in [-0.05, 0) is 18.9 Å². The van der Waals surface area contributed by atoms with Crippen LogP contribution in [0.5, 0.6) is 0 Å². The van der Waals surface area contributed by atoms with Gasteiger partial charge in [-0.15, -0.1) is 0 Å². The second kappa shape index (κ2) is 7.19. The molecule has 0 bridgehead atoms. The number of nitrogens with zero attached hydrogens (tertiary/aromatic N) is 6. The van der Waals surface area contributed by atoms with E-state index in [1.807, 2.05) is 12.3 Å². The van der Waals surface area contributed by atoms with Crippen LogP contribution in [-0.4, -0.2) is 57.6 Å². The maximum atomic E-state index is 5.85. The van der Waals surface area contributed by atoms with Gasteiger partial charge in [0.15, 0.2) is 0 Å². The van der Waals surface area contributed by atoms with Crippen LogP contribution in [0.4, 0.5) is 5.95 Å². The third kappa shape index (κ3) is 3.52. The van der Waals surface area contributed by atoms with Crippen LogP contribution in [0.25, 0.3) is 0 Å². The Morgan fingerprint density at radius 1 is 1.08 bits per heavy atom. The van der Waals surface area contributed by atoms with Gasteiger partial charge in [0.1, 0.15) is 6.10 Å². The van der Waals surface area contributed by atoms with Crippen molar-refractivity contribution in [3.63, 3.8) is 0 Å². The Labute approximate surface area is 141 Å². The zero-order chi connectivity index (χ0) is 16.2. The second-order valence-corrected chi connectivity index (χ2v) is 6.27. The molecule has 0 saturated carbocycles. The molecule has 0 aliphatic carbocycles. The molecule has 4 rings (SSSR count). The maximum Gasteiger partial charge on any atom is 0.225 e. The van der Waals surface area contributed by atoms with Crippen LogP contribution in [0, 0.1) is 0 Å². The van der Waals surface area contributed by atoms with Crippen molar-refractivity contribution < 1.29 is 4.74 Å². The van der Waals surface area contributed by atoms with Gasteiger partial charge in [-0.25, -0.2) is 9.97 Å². The molecule has 126 valence electrons. The third-order valence-corrected chi connectivity index (χ3v) is 4.54.